The van der Waals surface area contributed by atoms with Crippen LogP contribution in [0.15, 0.2) is 60.7 Å². The standard InChI is InChI=1S/C26H26N4O6/c31-21-11-19(25(35)29(21)15-17-7-3-1-4-8-17)13-27-23(33)24(34)28-14-20-12-22(32)30(26(20)36)16-18-9-5-2-6-10-18/h1-10,19-20H,11-16H2,(H,27,33)(H,28,34). The van der Waals surface area contributed by atoms with Crippen molar-refractivity contribution in [2.24, 2.45) is 11.8 Å². The first-order valence-electron chi connectivity index (χ1n) is 11.7. The number of hydrogen-bond acceptors (Lipinski definition) is 6. The number of hydrogen-bond donors (Lipinski definition) is 2. The largest absolute Gasteiger partial charge is 0.347 e. The summed E-state index contributed by atoms with van der Waals surface area (Å²) in [5, 5.41) is 4.77. The molecule has 2 aliphatic heterocycles. The van der Waals surface area contributed by atoms with Crippen LogP contribution in [0.3, 0.4) is 0 Å². The van der Waals surface area contributed by atoms with E-state index >= 15 is 0 Å². The highest BCUT2D eigenvalue weighted by Crippen LogP contribution is 2.22. The van der Waals surface area contributed by atoms with Crippen molar-refractivity contribution in [1.82, 2.24) is 20.4 Å². The van der Waals surface area contributed by atoms with Crippen molar-refractivity contribution in [2.45, 2.75) is 25.9 Å². The molecule has 2 heterocycles. The number of benzene rings is 2. The fraction of sp³-hybridized carbons (Fsp3) is 0.308. The van der Waals surface area contributed by atoms with Gasteiger partial charge < -0.3 is 10.6 Å². The van der Waals surface area contributed by atoms with Gasteiger partial charge in [0.05, 0.1) is 24.9 Å². The van der Waals surface area contributed by atoms with Gasteiger partial charge in [0.1, 0.15) is 0 Å². The molecule has 2 unspecified atom stereocenters. The quantitative estimate of drug-likeness (QED) is 0.406. The van der Waals surface area contributed by atoms with Crippen LogP contribution in [-0.4, -0.2) is 58.3 Å². The van der Waals surface area contributed by atoms with Crippen molar-refractivity contribution in [3.8, 4) is 0 Å². The molecule has 2 aromatic rings. The van der Waals surface area contributed by atoms with Crippen molar-refractivity contribution in [3.63, 3.8) is 0 Å². The van der Waals surface area contributed by atoms with Gasteiger partial charge in [-0.15, -0.1) is 0 Å². The molecule has 0 bridgehead atoms. The predicted molar refractivity (Wildman–Crippen MR) is 126 cm³/mol. The monoisotopic (exact) mass is 490 g/mol. The lowest BCUT2D eigenvalue weighted by Gasteiger charge is -2.16. The summed E-state index contributed by atoms with van der Waals surface area (Å²) < 4.78 is 0. The van der Waals surface area contributed by atoms with Crippen LogP contribution in [0, 0.1) is 11.8 Å². The highest BCUT2D eigenvalue weighted by Gasteiger charge is 2.40. The second-order valence-electron chi connectivity index (χ2n) is 8.83. The van der Waals surface area contributed by atoms with E-state index in [-0.39, 0.29) is 50.8 Å². The third-order valence-electron chi connectivity index (χ3n) is 6.27. The van der Waals surface area contributed by atoms with Gasteiger partial charge in [-0.05, 0) is 11.1 Å². The van der Waals surface area contributed by atoms with Crippen LogP contribution >= 0.6 is 0 Å². The average Bonchev–Trinajstić information content (AvgIpc) is 3.31. The van der Waals surface area contributed by atoms with Gasteiger partial charge in [-0.1, -0.05) is 60.7 Å². The Kier molecular flexibility index (Phi) is 7.53. The minimum absolute atomic E-state index is 0.0521. The summed E-state index contributed by atoms with van der Waals surface area (Å²) in [5.41, 5.74) is 1.62. The van der Waals surface area contributed by atoms with Gasteiger partial charge in [0.25, 0.3) is 0 Å². The van der Waals surface area contributed by atoms with Gasteiger partial charge in [-0.2, -0.15) is 0 Å². The normalized spacial score (nSPS) is 19.7. The summed E-state index contributed by atoms with van der Waals surface area (Å²) in [5.74, 6) is -4.94. The van der Waals surface area contributed by atoms with Crippen LogP contribution in [0.4, 0.5) is 0 Å². The van der Waals surface area contributed by atoms with Crippen molar-refractivity contribution < 1.29 is 28.8 Å². The Balaban J connectivity index is 1.22. The van der Waals surface area contributed by atoms with E-state index in [0.717, 1.165) is 20.9 Å². The average molecular weight is 491 g/mol. The van der Waals surface area contributed by atoms with Crippen molar-refractivity contribution in [3.05, 3.63) is 71.8 Å². The van der Waals surface area contributed by atoms with Crippen LogP contribution in [-0.2, 0) is 41.9 Å². The van der Waals surface area contributed by atoms with Crippen molar-refractivity contribution in [2.75, 3.05) is 13.1 Å². The van der Waals surface area contributed by atoms with Gasteiger partial charge in [0.2, 0.25) is 23.6 Å². The smallest absolute Gasteiger partial charge is 0.309 e. The molecule has 2 N–H and O–H groups in total. The van der Waals surface area contributed by atoms with E-state index in [1.165, 1.54) is 0 Å². The van der Waals surface area contributed by atoms with Crippen LogP contribution < -0.4 is 10.6 Å². The number of nitrogens with one attached hydrogen (secondary N) is 2. The molecule has 36 heavy (non-hydrogen) atoms. The Morgan fingerprint density at radius 1 is 0.639 bits per heavy atom. The third-order valence-corrected chi connectivity index (χ3v) is 6.27. The van der Waals surface area contributed by atoms with E-state index in [9.17, 15) is 28.8 Å². The Hall–Kier alpha value is -4.34. The molecule has 6 amide bonds. The van der Waals surface area contributed by atoms with Crippen LogP contribution in [0.25, 0.3) is 0 Å². The topological polar surface area (TPSA) is 133 Å². The Morgan fingerprint density at radius 3 is 1.36 bits per heavy atom. The number of imide groups is 2. The first-order valence-corrected chi connectivity index (χ1v) is 11.7. The molecule has 0 radical (unpaired) electrons. The molecule has 0 saturated carbocycles. The molecular formula is C26H26N4O6. The molecule has 0 spiro atoms. The molecule has 4 rings (SSSR count). The van der Waals surface area contributed by atoms with E-state index < -0.39 is 35.5 Å². The fourth-order valence-electron chi connectivity index (χ4n) is 4.28. The zero-order chi connectivity index (χ0) is 25.7. The fourth-order valence-corrected chi connectivity index (χ4v) is 4.28. The van der Waals surface area contributed by atoms with Gasteiger partial charge in [-0.25, -0.2) is 0 Å². The second kappa shape index (κ2) is 10.9. The minimum atomic E-state index is -0.977. The molecule has 10 heteroatoms. The van der Waals surface area contributed by atoms with Crippen LogP contribution in [0.1, 0.15) is 24.0 Å². The maximum Gasteiger partial charge on any atom is 0.309 e. The summed E-state index contributed by atoms with van der Waals surface area (Å²) in [6, 6.07) is 18.2. The zero-order valence-electron chi connectivity index (χ0n) is 19.5. The number of rotatable bonds is 8. The lowest BCUT2D eigenvalue weighted by molar-refractivity contribution is -0.142. The van der Waals surface area contributed by atoms with E-state index in [2.05, 4.69) is 10.6 Å². The van der Waals surface area contributed by atoms with Crippen molar-refractivity contribution in [1.29, 1.82) is 0 Å². The highest BCUT2D eigenvalue weighted by atomic mass is 16.2. The summed E-state index contributed by atoms with van der Waals surface area (Å²) in [4.78, 5) is 76.5. The molecule has 2 atom stereocenters. The lowest BCUT2D eigenvalue weighted by Crippen LogP contribution is -2.44. The minimum Gasteiger partial charge on any atom is -0.347 e. The predicted octanol–water partition coefficient (Wildman–Crippen LogP) is 0.369. The Bertz CT molecular complexity index is 1090. The Labute approximate surface area is 207 Å². The first-order chi connectivity index (χ1) is 17.3. The molecule has 186 valence electrons. The molecule has 2 fully saturated rings. The van der Waals surface area contributed by atoms with E-state index in [0.29, 0.717) is 0 Å². The summed E-state index contributed by atoms with van der Waals surface area (Å²) in [7, 11) is 0. The van der Waals surface area contributed by atoms with Gasteiger partial charge >= 0.3 is 11.8 Å². The molecule has 10 nitrogen and oxygen atoms in total. The van der Waals surface area contributed by atoms with Gasteiger partial charge in [0, 0.05) is 25.9 Å². The summed E-state index contributed by atoms with van der Waals surface area (Å²) in [6.45, 7) is -0.0145. The number of amides is 6. The van der Waals surface area contributed by atoms with E-state index in [1.54, 1.807) is 0 Å². The molecule has 0 aromatic heterocycles. The summed E-state index contributed by atoms with van der Waals surface area (Å²) in [6.07, 6.45) is -0.104. The molecule has 2 aromatic carbocycles. The molecule has 2 saturated heterocycles. The highest BCUT2D eigenvalue weighted by molar-refractivity contribution is 6.35. The SMILES string of the molecule is O=C(NCC1CC(=O)N(Cc2ccccc2)C1=O)C(=O)NCC1CC(=O)N(Cc2ccccc2)C1=O. The maximum absolute atomic E-state index is 12.6. The number of nitrogens with zero attached hydrogens (tertiary/aromatic N) is 2. The van der Waals surface area contributed by atoms with E-state index in [4.69, 9.17) is 0 Å². The third kappa shape index (κ3) is 5.65. The number of carbonyl (C=O) groups excluding carboxylic acids is 6. The first kappa shape index (κ1) is 24.8. The molecular weight excluding hydrogens is 464 g/mol. The molecule has 0 aliphatic carbocycles. The van der Waals surface area contributed by atoms with E-state index in [1.807, 2.05) is 60.7 Å². The van der Waals surface area contributed by atoms with Gasteiger partial charge in [-0.3, -0.25) is 38.6 Å². The van der Waals surface area contributed by atoms with Crippen LogP contribution in [0.2, 0.25) is 0 Å². The number of carbonyl (C=O) groups is 6. The maximum atomic E-state index is 12.6. The Morgan fingerprint density at radius 2 is 1.00 bits per heavy atom. The van der Waals surface area contributed by atoms with Crippen LogP contribution in [0.5, 0.6) is 0 Å². The van der Waals surface area contributed by atoms with Gasteiger partial charge in [0.15, 0.2) is 0 Å². The molecule has 2 aliphatic rings. The second-order valence-corrected chi connectivity index (χ2v) is 8.83. The number of likely N-dealkylation sites (tertiary alicyclic amines) is 2. The lowest BCUT2D eigenvalue weighted by atomic mass is 10.1. The summed E-state index contributed by atoms with van der Waals surface area (Å²) >= 11 is 0. The zero-order valence-corrected chi connectivity index (χ0v) is 19.5. The van der Waals surface area contributed by atoms with Crippen molar-refractivity contribution >= 4 is 35.4 Å².